The number of anilines is 2. The highest BCUT2D eigenvalue weighted by Crippen LogP contribution is 2.13. The number of hydrogen-bond acceptors (Lipinski definition) is 5. The molecular weight excluding hydrogens is 350 g/mol. The van der Waals surface area contributed by atoms with E-state index in [0.717, 1.165) is 12.8 Å². The Morgan fingerprint density at radius 2 is 1.52 bits per heavy atom. The molecule has 144 valence electrons. The van der Waals surface area contributed by atoms with E-state index in [-0.39, 0.29) is 18.2 Å². The predicted molar refractivity (Wildman–Crippen MR) is 101 cm³/mol. The molecule has 1 aromatic carbocycles. The summed E-state index contributed by atoms with van der Waals surface area (Å²) < 4.78 is 0. The van der Waals surface area contributed by atoms with Gasteiger partial charge in [-0.25, -0.2) is 5.43 Å². The Kier molecular flexibility index (Phi) is 7.04. The fourth-order valence-corrected chi connectivity index (χ4v) is 2.58. The first kappa shape index (κ1) is 20.1. The van der Waals surface area contributed by atoms with Gasteiger partial charge in [0.15, 0.2) is 0 Å². The van der Waals surface area contributed by atoms with Gasteiger partial charge in [-0.2, -0.15) is 5.10 Å². The second kappa shape index (κ2) is 9.46. The first-order valence-electron chi connectivity index (χ1n) is 8.65. The molecule has 3 N–H and O–H groups in total. The highest BCUT2D eigenvalue weighted by atomic mass is 16.2. The van der Waals surface area contributed by atoms with E-state index < -0.39 is 11.8 Å². The van der Waals surface area contributed by atoms with E-state index in [1.165, 1.54) is 11.8 Å². The SMILES string of the molecule is CC(=O)Nc1ccc(NC(=O)C/C(C)=N\NC(=O)C(=O)N2CCCC2)cc1. The maximum Gasteiger partial charge on any atom is 0.329 e. The molecule has 0 atom stereocenters. The summed E-state index contributed by atoms with van der Waals surface area (Å²) in [5, 5.41) is 9.13. The minimum atomic E-state index is -0.801. The Bertz CT molecular complexity index is 752. The van der Waals surface area contributed by atoms with Crippen LogP contribution in [0.2, 0.25) is 0 Å². The molecule has 1 aliphatic heterocycles. The van der Waals surface area contributed by atoms with Gasteiger partial charge in [0.1, 0.15) is 0 Å². The standard InChI is InChI=1S/C18H23N5O4/c1-12(21-22-17(26)18(27)23-9-3-4-10-23)11-16(25)20-15-7-5-14(6-8-15)19-13(2)24/h5-8H,3-4,9-11H2,1-2H3,(H,19,24)(H,20,25)(H,22,26)/b21-12-. The maximum absolute atomic E-state index is 12.0. The molecule has 9 nitrogen and oxygen atoms in total. The summed E-state index contributed by atoms with van der Waals surface area (Å²) in [5.41, 5.74) is 3.75. The molecule has 0 saturated carbocycles. The molecule has 0 radical (unpaired) electrons. The van der Waals surface area contributed by atoms with Crippen LogP contribution in [0.3, 0.4) is 0 Å². The zero-order valence-electron chi connectivity index (χ0n) is 15.4. The largest absolute Gasteiger partial charge is 0.334 e. The number of benzene rings is 1. The maximum atomic E-state index is 12.0. The van der Waals surface area contributed by atoms with Gasteiger partial charge in [0.05, 0.1) is 6.42 Å². The molecule has 0 aliphatic carbocycles. The van der Waals surface area contributed by atoms with Crippen LogP contribution in [0.15, 0.2) is 29.4 Å². The van der Waals surface area contributed by atoms with E-state index in [2.05, 4.69) is 21.2 Å². The van der Waals surface area contributed by atoms with E-state index in [1.807, 2.05) is 0 Å². The number of carbonyl (C=O) groups excluding carboxylic acids is 4. The smallest absolute Gasteiger partial charge is 0.329 e. The lowest BCUT2D eigenvalue weighted by atomic mass is 10.2. The van der Waals surface area contributed by atoms with Gasteiger partial charge >= 0.3 is 11.8 Å². The third-order valence-electron chi connectivity index (χ3n) is 3.84. The second-order valence-electron chi connectivity index (χ2n) is 6.27. The summed E-state index contributed by atoms with van der Waals surface area (Å²) in [6, 6.07) is 6.66. The van der Waals surface area contributed by atoms with Crippen molar-refractivity contribution in [1.29, 1.82) is 0 Å². The molecule has 1 aliphatic rings. The topological polar surface area (TPSA) is 120 Å². The molecule has 0 aromatic heterocycles. The van der Waals surface area contributed by atoms with Crippen molar-refractivity contribution in [3.05, 3.63) is 24.3 Å². The van der Waals surface area contributed by atoms with Crippen LogP contribution in [-0.4, -0.2) is 47.3 Å². The van der Waals surface area contributed by atoms with Crippen molar-refractivity contribution in [3.8, 4) is 0 Å². The predicted octanol–water partition coefficient (Wildman–Crippen LogP) is 1.09. The van der Waals surface area contributed by atoms with Crippen LogP contribution in [-0.2, 0) is 19.2 Å². The normalized spacial score (nSPS) is 13.9. The van der Waals surface area contributed by atoms with Crippen molar-refractivity contribution in [2.45, 2.75) is 33.1 Å². The summed E-state index contributed by atoms with van der Waals surface area (Å²) in [6.45, 7) is 4.16. The molecule has 0 unspecified atom stereocenters. The van der Waals surface area contributed by atoms with E-state index in [9.17, 15) is 19.2 Å². The van der Waals surface area contributed by atoms with Crippen LogP contribution in [0.1, 0.15) is 33.1 Å². The number of carbonyl (C=O) groups is 4. The van der Waals surface area contributed by atoms with Crippen LogP contribution in [0, 0.1) is 0 Å². The van der Waals surface area contributed by atoms with E-state index in [1.54, 1.807) is 31.2 Å². The van der Waals surface area contributed by atoms with Crippen molar-refractivity contribution in [3.63, 3.8) is 0 Å². The molecule has 27 heavy (non-hydrogen) atoms. The van der Waals surface area contributed by atoms with E-state index in [0.29, 0.717) is 30.2 Å². The number of hydrazone groups is 1. The summed E-state index contributed by atoms with van der Waals surface area (Å²) in [6.07, 6.45) is 1.76. The molecular formula is C18H23N5O4. The Morgan fingerprint density at radius 3 is 2.07 bits per heavy atom. The zero-order chi connectivity index (χ0) is 19.8. The van der Waals surface area contributed by atoms with Crippen molar-refractivity contribution >= 4 is 40.7 Å². The number of nitrogens with one attached hydrogen (secondary N) is 3. The highest BCUT2D eigenvalue weighted by Gasteiger charge is 2.24. The number of amides is 4. The van der Waals surface area contributed by atoms with Gasteiger partial charge < -0.3 is 15.5 Å². The highest BCUT2D eigenvalue weighted by molar-refractivity contribution is 6.35. The average molecular weight is 373 g/mol. The number of rotatable bonds is 5. The molecule has 1 saturated heterocycles. The minimum absolute atomic E-state index is 0.0361. The van der Waals surface area contributed by atoms with Crippen LogP contribution in [0.4, 0.5) is 11.4 Å². The molecule has 0 bridgehead atoms. The van der Waals surface area contributed by atoms with Gasteiger partial charge in [-0.05, 0) is 44.0 Å². The molecule has 4 amide bonds. The summed E-state index contributed by atoms with van der Waals surface area (Å²) in [7, 11) is 0. The van der Waals surface area contributed by atoms with Gasteiger partial charge in [0, 0.05) is 37.1 Å². The van der Waals surface area contributed by atoms with Gasteiger partial charge in [0.2, 0.25) is 11.8 Å². The number of nitrogens with zero attached hydrogens (tertiary/aromatic N) is 2. The Hall–Kier alpha value is -3.23. The van der Waals surface area contributed by atoms with Gasteiger partial charge in [-0.1, -0.05) is 0 Å². The quantitative estimate of drug-likeness (QED) is 0.406. The molecule has 9 heteroatoms. The molecule has 1 heterocycles. The Labute approximate surface area is 157 Å². The van der Waals surface area contributed by atoms with Crippen molar-refractivity contribution < 1.29 is 19.2 Å². The Balaban J connectivity index is 1.80. The minimum Gasteiger partial charge on any atom is -0.334 e. The lowest BCUT2D eigenvalue weighted by Crippen LogP contribution is -2.40. The number of likely N-dealkylation sites (tertiary alicyclic amines) is 1. The molecule has 2 rings (SSSR count). The Morgan fingerprint density at radius 1 is 0.963 bits per heavy atom. The van der Waals surface area contributed by atoms with Gasteiger partial charge in [-0.3, -0.25) is 19.2 Å². The third kappa shape index (κ3) is 6.53. The average Bonchev–Trinajstić information content (AvgIpc) is 3.14. The van der Waals surface area contributed by atoms with Crippen molar-refractivity contribution in [2.24, 2.45) is 5.10 Å². The van der Waals surface area contributed by atoms with Crippen molar-refractivity contribution in [1.82, 2.24) is 10.3 Å². The summed E-state index contributed by atoms with van der Waals surface area (Å²) in [4.78, 5) is 48.1. The van der Waals surface area contributed by atoms with Gasteiger partial charge in [0.25, 0.3) is 0 Å². The van der Waals surface area contributed by atoms with E-state index in [4.69, 9.17) is 0 Å². The fourth-order valence-electron chi connectivity index (χ4n) is 2.58. The van der Waals surface area contributed by atoms with E-state index >= 15 is 0 Å². The number of hydrogen-bond donors (Lipinski definition) is 3. The third-order valence-corrected chi connectivity index (χ3v) is 3.84. The molecule has 1 aromatic rings. The fraction of sp³-hybridized carbons (Fsp3) is 0.389. The van der Waals surface area contributed by atoms with Crippen LogP contribution >= 0.6 is 0 Å². The van der Waals surface area contributed by atoms with Crippen LogP contribution in [0.5, 0.6) is 0 Å². The van der Waals surface area contributed by atoms with Crippen molar-refractivity contribution in [2.75, 3.05) is 23.7 Å². The summed E-state index contributed by atoms with van der Waals surface area (Å²) >= 11 is 0. The lowest BCUT2D eigenvalue weighted by Gasteiger charge is -2.13. The first-order valence-corrected chi connectivity index (χ1v) is 8.65. The second-order valence-corrected chi connectivity index (χ2v) is 6.27. The lowest BCUT2D eigenvalue weighted by molar-refractivity contribution is -0.145. The molecule has 1 fully saturated rings. The monoisotopic (exact) mass is 373 g/mol. The zero-order valence-corrected chi connectivity index (χ0v) is 15.4. The molecule has 0 spiro atoms. The van der Waals surface area contributed by atoms with Gasteiger partial charge in [-0.15, -0.1) is 0 Å². The first-order chi connectivity index (χ1) is 12.8. The summed E-state index contributed by atoms with van der Waals surface area (Å²) in [5.74, 6) is -1.90. The van der Waals surface area contributed by atoms with Crippen LogP contribution in [0.25, 0.3) is 0 Å². The van der Waals surface area contributed by atoms with Crippen LogP contribution < -0.4 is 16.1 Å².